The number of benzene rings is 1. The molecule has 1 aromatic carbocycles. The van der Waals surface area contributed by atoms with Crippen LogP contribution in [0.1, 0.15) is 15.9 Å². The third-order valence-corrected chi connectivity index (χ3v) is 3.00. The summed E-state index contributed by atoms with van der Waals surface area (Å²) < 4.78 is 0. The van der Waals surface area contributed by atoms with Crippen LogP contribution in [0.4, 0.5) is 0 Å². The molecule has 0 unspecified atom stereocenters. The van der Waals surface area contributed by atoms with E-state index in [9.17, 15) is 4.79 Å². The molecule has 1 N–H and O–H groups in total. The number of aryl methyl sites for hydroxylation is 1. The standard InChI is InChI=1S/C12H16N2O.ClH/c1-9-5-3-4-6-11(9)12(15)14(2)10-7-13-8-10;/h3-6,10,13H,7-8H2,1-2H3;1H. The van der Waals surface area contributed by atoms with E-state index in [0.717, 1.165) is 24.2 Å². The summed E-state index contributed by atoms with van der Waals surface area (Å²) in [5.74, 6) is 0.125. The number of rotatable bonds is 2. The molecule has 0 atom stereocenters. The number of halogens is 1. The average Bonchev–Trinajstić information content (AvgIpc) is 2.15. The first kappa shape index (κ1) is 13.0. The van der Waals surface area contributed by atoms with Crippen molar-refractivity contribution in [3.63, 3.8) is 0 Å². The van der Waals surface area contributed by atoms with Crippen molar-refractivity contribution in [2.45, 2.75) is 13.0 Å². The van der Waals surface area contributed by atoms with Crippen LogP contribution >= 0.6 is 12.4 Å². The van der Waals surface area contributed by atoms with Gasteiger partial charge in [0.15, 0.2) is 0 Å². The Labute approximate surface area is 102 Å². The molecular formula is C12H17ClN2O. The maximum absolute atomic E-state index is 12.1. The summed E-state index contributed by atoms with van der Waals surface area (Å²) >= 11 is 0. The van der Waals surface area contributed by atoms with E-state index < -0.39 is 0 Å². The second-order valence-corrected chi connectivity index (χ2v) is 4.04. The van der Waals surface area contributed by atoms with Crippen LogP contribution in [0.2, 0.25) is 0 Å². The molecule has 0 aromatic heterocycles. The molecule has 1 amide bonds. The fourth-order valence-electron chi connectivity index (χ4n) is 1.72. The van der Waals surface area contributed by atoms with E-state index in [4.69, 9.17) is 0 Å². The van der Waals surface area contributed by atoms with Gasteiger partial charge in [0.2, 0.25) is 0 Å². The molecule has 1 fully saturated rings. The minimum absolute atomic E-state index is 0. The summed E-state index contributed by atoms with van der Waals surface area (Å²) in [7, 11) is 1.88. The van der Waals surface area contributed by atoms with Crippen LogP contribution < -0.4 is 5.32 Å². The second-order valence-electron chi connectivity index (χ2n) is 4.04. The molecule has 0 aliphatic carbocycles. The van der Waals surface area contributed by atoms with Gasteiger partial charge >= 0.3 is 0 Å². The molecule has 0 saturated carbocycles. The van der Waals surface area contributed by atoms with Gasteiger partial charge < -0.3 is 10.2 Å². The molecule has 0 bridgehead atoms. The number of likely N-dealkylation sites (N-methyl/N-ethyl adjacent to an activating group) is 1. The van der Waals surface area contributed by atoms with Gasteiger partial charge in [-0.25, -0.2) is 0 Å². The zero-order chi connectivity index (χ0) is 10.8. The lowest BCUT2D eigenvalue weighted by Crippen LogP contribution is -2.57. The Hall–Kier alpha value is -1.06. The third-order valence-electron chi connectivity index (χ3n) is 3.00. The van der Waals surface area contributed by atoms with Crippen LogP contribution in [0.25, 0.3) is 0 Å². The van der Waals surface area contributed by atoms with Crippen molar-refractivity contribution >= 4 is 18.3 Å². The largest absolute Gasteiger partial charge is 0.336 e. The Morgan fingerprint density at radius 2 is 2.00 bits per heavy atom. The predicted molar refractivity (Wildman–Crippen MR) is 67.2 cm³/mol. The first-order valence-corrected chi connectivity index (χ1v) is 5.23. The van der Waals surface area contributed by atoms with Crippen LogP contribution in [0.5, 0.6) is 0 Å². The van der Waals surface area contributed by atoms with E-state index in [1.807, 2.05) is 43.1 Å². The SMILES string of the molecule is Cc1ccccc1C(=O)N(C)C1CNC1.Cl. The summed E-state index contributed by atoms with van der Waals surface area (Å²) in [6.45, 7) is 3.79. The van der Waals surface area contributed by atoms with Crippen molar-refractivity contribution in [1.29, 1.82) is 0 Å². The molecule has 1 aliphatic heterocycles. The summed E-state index contributed by atoms with van der Waals surface area (Å²) in [5.41, 5.74) is 1.86. The van der Waals surface area contributed by atoms with Gasteiger partial charge in [-0.05, 0) is 18.6 Å². The van der Waals surface area contributed by atoms with E-state index in [0.29, 0.717) is 6.04 Å². The van der Waals surface area contributed by atoms with Gasteiger partial charge in [-0.2, -0.15) is 0 Å². The van der Waals surface area contributed by atoms with Gasteiger partial charge in [0.1, 0.15) is 0 Å². The minimum Gasteiger partial charge on any atom is -0.336 e. The van der Waals surface area contributed by atoms with Crippen molar-refractivity contribution in [1.82, 2.24) is 10.2 Å². The number of hydrogen-bond acceptors (Lipinski definition) is 2. The highest BCUT2D eigenvalue weighted by Gasteiger charge is 2.26. The highest BCUT2D eigenvalue weighted by molar-refractivity contribution is 5.95. The summed E-state index contributed by atoms with van der Waals surface area (Å²) in [6, 6.07) is 8.09. The normalized spacial score (nSPS) is 14.9. The Kier molecular flexibility index (Phi) is 4.33. The van der Waals surface area contributed by atoms with Crippen LogP contribution in [-0.4, -0.2) is 37.0 Å². The molecule has 0 spiro atoms. The monoisotopic (exact) mass is 240 g/mol. The molecule has 3 nitrogen and oxygen atoms in total. The maximum Gasteiger partial charge on any atom is 0.254 e. The molecular weight excluding hydrogens is 224 g/mol. The van der Waals surface area contributed by atoms with E-state index >= 15 is 0 Å². The van der Waals surface area contributed by atoms with Crippen molar-refractivity contribution in [3.8, 4) is 0 Å². The third kappa shape index (κ3) is 2.36. The fourth-order valence-corrected chi connectivity index (χ4v) is 1.72. The molecule has 0 radical (unpaired) electrons. The lowest BCUT2D eigenvalue weighted by molar-refractivity contribution is 0.0680. The van der Waals surface area contributed by atoms with E-state index in [1.54, 1.807) is 0 Å². The van der Waals surface area contributed by atoms with E-state index in [1.165, 1.54) is 0 Å². The minimum atomic E-state index is 0. The van der Waals surface area contributed by atoms with Gasteiger partial charge in [0.05, 0.1) is 6.04 Å². The van der Waals surface area contributed by atoms with Crippen LogP contribution in [0.3, 0.4) is 0 Å². The number of amides is 1. The van der Waals surface area contributed by atoms with Crippen molar-refractivity contribution < 1.29 is 4.79 Å². The quantitative estimate of drug-likeness (QED) is 0.849. The van der Waals surface area contributed by atoms with Crippen molar-refractivity contribution in [3.05, 3.63) is 35.4 Å². The second kappa shape index (κ2) is 5.32. The number of carbonyl (C=O) groups is 1. The van der Waals surface area contributed by atoms with Gasteiger partial charge in [-0.15, -0.1) is 12.4 Å². The number of nitrogens with one attached hydrogen (secondary N) is 1. The Morgan fingerprint density at radius 3 is 2.50 bits per heavy atom. The smallest absolute Gasteiger partial charge is 0.254 e. The number of hydrogen-bond donors (Lipinski definition) is 1. The molecule has 1 heterocycles. The van der Waals surface area contributed by atoms with Crippen molar-refractivity contribution in [2.24, 2.45) is 0 Å². The van der Waals surface area contributed by atoms with Crippen LogP contribution in [0.15, 0.2) is 24.3 Å². The Bertz CT molecular complexity index is 377. The molecule has 88 valence electrons. The first-order chi connectivity index (χ1) is 7.20. The summed E-state index contributed by atoms with van der Waals surface area (Å²) in [4.78, 5) is 13.9. The molecule has 16 heavy (non-hydrogen) atoms. The zero-order valence-electron chi connectivity index (χ0n) is 9.56. The molecule has 2 rings (SSSR count). The lowest BCUT2D eigenvalue weighted by Gasteiger charge is -2.35. The maximum atomic E-state index is 12.1. The van der Waals surface area contributed by atoms with Crippen LogP contribution in [0, 0.1) is 6.92 Å². The number of nitrogens with zero attached hydrogens (tertiary/aromatic N) is 1. The van der Waals surface area contributed by atoms with Gasteiger partial charge in [0, 0.05) is 25.7 Å². The van der Waals surface area contributed by atoms with Crippen molar-refractivity contribution in [2.75, 3.05) is 20.1 Å². The van der Waals surface area contributed by atoms with E-state index in [-0.39, 0.29) is 18.3 Å². The first-order valence-electron chi connectivity index (χ1n) is 5.23. The highest BCUT2D eigenvalue weighted by atomic mass is 35.5. The molecule has 1 aromatic rings. The Balaban J connectivity index is 0.00000128. The average molecular weight is 241 g/mol. The molecule has 1 saturated heterocycles. The van der Waals surface area contributed by atoms with Crippen LogP contribution in [-0.2, 0) is 0 Å². The number of carbonyl (C=O) groups excluding carboxylic acids is 1. The van der Waals surface area contributed by atoms with Gasteiger partial charge in [-0.1, -0.05) is 18.2 Å². The highest BCUT2D eigenvalue weighted by Crippen LogP contribution is 2.12. The van der Waals surface area contributed by atoms with Gasteiger partial charge in [0.25, 0.3) is 5.91 Å². The summed E-state index contributed by atoms with van der Waals surface area (Å²) in [5, 5.41) is 3.17. The predicted octanol–water partition coefficient (Wildman–Crippen LogP) is 1.46. The molecule has 1 aliphatic rings. The molecule has 4 heteroatoms. The zero-order valence-corrected chi connectivity index (χ0v) is 10.4. The topological polar surface area (TPSA) is 32.3 Å². The van der Waals surface area contributed by atoms with E-state index in [2.05, 4.69) is 5.32 Å². The van der Waals surface area contributed by atoms with Gasteiger partial charge in [-0.3, -0.25) is 4.79 Å². The summed E-state index contributed by atoms with van der Waals surface area (Å²) in [6.07, 6.45) is 0. The Morgan fingerprint density at radius 1 is 1.38 bits per heavy atom. The fraction of sp³-hybridized carbons (Fsp3) is 0.417. The lowest BCUT2D eigenvalue weighted by atomic mass is 10.1.